The molecule has 0 heterocycles. The van der Waals surface area contributed by atoms with Crippen molar-refractivity contribution < 1.29 is 19.5 Å². The number of hydrogen-bond acceptors (Lipinski definition) is 4. The Balaban J connectivity index is 3.36. The van der Waals surface area contributed by atoms with E-state index < -0.39 is 34.9 Å². The van der Waals surface area contributed by atoms with E-state index in [9.17, 15) is 19.5 Å². The third kappa shape index (κ3) is 7.66. The first-order valence-corrected chi connectivity index (χ1v) is 12.6. The highest BCUT2D eigenvalue weighted by molar-refractivity contribution is 5.91. The van der Waals surface area contributed by atoms with Crippen LogP contribution >= 0.6 is 0 Å². The number of benzene rings is 1. The molecule has 0 bridgehead atoms. The minimum absolute atomic E-state index is 0.0156. The summed E-state index contributed by atoms with van der Waals surface area (Å²) >= 11 is 0. The van der Waals surface area contributed by atoms with Gasteiger partial charge in [0.1, 0.15) is 6.04 Å². The largest absolute Gasteiger partial charge is 0.478 e. The maximum atomic E-state index is 13.8. The molecule has 7 nitrogen and oxygen atoms in total. The first kappa shape index (κ1) is 31.4. The Morgan fingerprint density at radius 2 is 1.47 bits per heavy atom. The van der Waals surface area contributed by atoms with E-state index in [2.05, 4.69) is 28.8 Å². The molecule has 0 fully saturated rings. The molecule has 0 aromatic heterocycles. The van der Waals surface area contributed by atoms with Crippen molar-refractivity contribution in [3.8, 4) is 0 Å². The molecule has 0 aliphatic carbocycles. The third-order valence-corrected chi connectivity index (χ3v) is 6.87. The van der Waals surface area contributed by atoms with Gasteiger partial charge in [0.05, 0.1) is 12.1 Å². The Morgan fingerprint density at radius 1 is 0.972 bits per heavy atom. The lowest BCUT2D eigenvalue weighted by molar-refractivity contribution is -0.141. The molecule has 0 radical (unpaired) electrons. The fraction of sp³-hybridized carbons (Fsp3) is 0.621. The lowest BCUT2D eigenvalue weighted by Gasteiger charge is -2.40. The van der Waals surface area contributed by atoms with Gasteiger partial charge in [-0.05, 0) is 44.7 Å². The monoisotopic (exact) mass is 501 g/mol. The topological polar surface area (TPSA) is 98.7 Å². The number of carbonyl (C=O) groups excluding carboxylic acids is 2. The van der Waals surface area contributed by atoms with E-state index in [1.807, 2.05) is 62.3 Å². The van der Waals surface area contributed by atoms with Crippen molar-refractivity contribution in [2.75, 3.05) is 14.1 Å². The van der Waals surface area contributed by atoms with Crippen molar-refractivity contribution in [2.45, 2.75) is 92.8 Å². The number of amides is 2. The number of likely N-dealkylation sites (N-methyl/N-ethyl adjacent to an activating group) is 2. The van der Waals surface area contributed by atoms with Crippen molar-refractivity contribution in [3.05, 3.63) is 46.5 Å². The standard InChI is InChI=1S/C29H47N3O4/c1-17(2)22(16-20(5)27(35)36)32(12)26(34)24(28(6,7)8)31-25(33)23(30-11)29(9,10)21-14-18(3)13-19(4)15-21/h13-17,22-24,30H,1-12H3,(H,31,33)(H,35,36)/t22-,23+,24-/m1/s1. The first-order chi connectivity index (χ1) is 16.3. The molecule has 0 spiro atoms. The number of rotatable bonds is 10. The van der Waals surface area contributed by atoms with Crippen LogP contribution in [0.5, 0.6) is 0 Å². The van der Waals surface area contributed by atoms with Crippen LogP contribution in [-0.4, -0.2) is 60.0 Å². The fourth-order valence-electron chi connectivity index (χ4n) is 4.64. The Morgan fingerprint density at radius 3 is 1.86 bits per heavy atom. The molecule has 0 unspecified atom stereocenters. The molecule has 3 atom stereocenters. The van der Waals surface area contributed by atoms with Gasteiger partial charge < -0.3 is 20.6 Å². The van der Waals surface area contributed by atoms with E-state index in [-0.39, 0.29) is 23.3 Å². The minimum Gasteiger partial charge on any atom is -0.478 e. The predicted molar refractivity (Wildman–Crippen MR) is 146 cm³/mol. The van der Waals surface area contributed by atoms with Crippen LogP contribution in [-0.2, 0) is 19.8 Å². The van der Waals surface area contributed by atoms with E-state index in [4.69, 9.17) is 0 Å². The number of carboxylic acids is 1. The van der Waals surface area contributed by atoms with Crippen molar-refractivity contribution in [3.63, 3.8) is 0 Å². The summed E-state index contributed by atoms with van der Waals surface area (Å²) < 4.78 is 0. The van der Waals surface area contributed by atoms with Crippen LogP contribution in [0.4, 0.5) is 0 Å². The van der Waals surface area contributed by atoms with Gasteiger partial charge in [0.25, 0.3) is 0 Å². The molecule has 202 valence electrons. The van der Waals surface area contributed by atoms with Crippen LogP contribution in [0.1, 0.15) is 72.1 Å². The maximum absolute atomic E-state index is 13.8. The molecule has 1 aromatic rings. The molecule has 36 heavy (non-hydrogen) atoms. The molecule has 0 aliphatic rings. The Kier molecular flexibility index (Phi) is 10.5. The average molecular weight is 502 g/mol. The number of aryl methyl sites for hydroxylation is 2. The second kappa shape index (κ2) is 12.0. The molecule has 0 aliphatic heterocycles. The number of hydrogen-bond donors (Lipinski definition) is 3. The van der Waals surface area contributed by atoms with Crippen LogP contribution in [0.25, 0.3) is 0 Å². The smallest absolute Gasteiger partial charge is 0.331 e. The second-order valence-corrected chi connectivity index (χ2v) is 12.0. The normalized spacial score (nSPS) is 15.3. The minimum atomic E-state index is -1.02. The lowest BCUT2D eigenvalue weighted by Crippen LogP contribution is -2.61. The summed E-state index contributed by atoms with van der Waals surface area (Å²) in [6, 6.07) is 4.47. The molecule has 1 aromatic carbocycles. The second-order valence-electron chi connectivity index (χ2n) is 12.0. The van der Waals surface area contributed by atoms with Crippen LogP contribution in [0, 0.1) is 25.2 Å². The number of aliphatic carboxylic acids is 1. The summed E-state index contributed by atoms with van der Waals surface area (Å²) in [5.74, 6) is -1.56. The zero-order valence-electron chi connectivity index (χ0n) is 24.2. The van der Waals surface area contributed by atoms with Gasteiger partial charge in [0, 0.05) is 18.0 Å². The summed E-state index contributed by atoms with van der Waals surface area (Å²) in [6.07, 6.45) is 1.60. The molecule has 3 N–H and O–H groups in total. The average Bonchev–Trinajstić information content (AvgIpc) is 2.73. The molecular weight excluding hydrogens is 454 g/mol. The van der Waals surface area contributed by atoms with Gasteiger partial charge in [-0.15, -0.1) is 0 Å². The van der Waals surface area contributed by atoms with Gasteiger partial charge in [-0.1, -0.05) is 83.9 Å². The molecule has 0 saturated carbocycles. The molecule has 0 saturated heterocycles. The molecule has 7 heteroatoms. The SMILES string of the molecule is CN[C@@H](C(=O)N[C@H](C(=O)N(C)[C@H](C=C(C)C(=O)O)C(C)C)C(C)(C)C)C(C)(C)c1cc(C)cc(C)c1. The van der Waals surface area contributed by atoms with E-state index >= 15 is 0 Å². The van der Waals surface area contributed by atoms with E-state index in [1.165, 1.54) is 6.92 Å². The van der Waals surface area contributed by atoms with Crippen molar-refractivity contribution >= 4 is 17.8 Å². The van der Waals surface area contributed by atoms with E-state index in [0.29, 0.717) is 0 Å². The van der Waals surface area contributed by atoms with Crippen LogP contribution in [0.15, 0.2) is 29.8 Å². The molecular formula is C29H47N3O4. The van der Waals surface area contributed by atoms with Gasteiger partial charge in [0.15, 0.2) is 0 Å². The van der Waals surface area contributed by atoms with Crippen molar-refractivity contribution in [2.24, 2.45) is 11.3 Å². The number of nitrogens with zero attached hydrogens (tertiary/aromatic N) is 1. The Bertz CT molecular complexity index is 968. The van der Waals surface area contributed by atoms with Gasteiger partial charge in [-0.25, -0.2) is 4.79 Å². The van der Waals surface area contributed by atoms with Crippen molar-refractivity contribution in [1.29, 1.82) is 0 Å². The quantitative estimate of drug-likeness (QED) is 0.417. The highest BCUT2D eigenvalue weighted by Gasteiger charge is 2.41. The summed E-state index contributed by atoms with van der Waals surface area (Å²) in [5.41, 5.74) is 2.35. The molecule has 2 amide bonds. The van der Waals surface area contributed by atoms with Crippen molar-refractivity contribution in [1.82, 2.24) is 15.5 Å². The highest BCUT2D eigenvalue weighted by atomic mass is 16.4. The third-order valence-electron chi connectivity index (χ3n) is 6.87. The lowest BCUT2D eigenvalue weighted by atomic mass is 9.76. The Labute approximate surface area is 217 Å². The number of carboxylic acid groups (broad SMARTS) is 1. The summed E-state index contributed by atoms with van der Waals surface area (Å²) in [6.45, 7) is 19.3. The number of carbonyl (C=O) groups is 3. The van der Waals surface area contributed by atoms with Gasteiger partial charge in [-0.3, -0.25) is 9.59 Å². The van der Waals surface area contributed by atoms with Gasteiger partial charge in [-0.2, -0.15) is 0 Å². The van der Waals surface area contributed by atoms with Gasteiger partial charge in [0.2, 0.25) is 11.8 Å². The van der Waals surface area contributed by atoms with Gasteiger partial charge >= 0.3 is 5.97 Å². The van der Waals surface area contributed by atoms with Crippen LogP contribution in [0.3, 0.4) is 0 Å². The van der Waals surface area contributed by atoms with E-state index in [0.717, 1.165) is 16.7 Å². The Hall–Kier alpha value is -2.67. The predicted octanol–water partition coefficient (Wildman–Crippen LogP) is 4.21. The summed E-state index contributed by atoms with van der Waals surface area (Å²) in [5, 5.41) is 15.6. The zero-order valence-corrected chi connectivity index (χ0v) is 24.2. The summed E-state index contributed by atoms with van der Waals surface area (Å²) in [4.78, 5) is 40.4. The van der Waals surface area contributed by atoms with Crippen LogP contribution < -0.4 is 10.6 Å². The zero-order chi connectivity index (χ0) is 28.2. The molecule has 1 rings (SSSR count). The first-order valence-electron chi connectivity index (χ1n) is 12.6. The summed E-state index contributed by atoms with van der Waals surface area (Å²) in [7, 11) is 3.42. The maximum Gasteiger partial charge on any atom is 0.331 e. The highest BCUT2D eigenvalue weighted by Crippen LogP contribution is 2.30. The van der Waals surface area contributed by atoms with E-state index in [1.54, 1.807) is 25.1 Å². The fourth-order valence-corrected chi connectivity index (χ4v) is 4.64. The number of nitrogens with one attached hydrogen (secondary N) is 2. The van der Waals surface area contributed by atoms with Crippen LogP contribution in [0.2, 0.25) is 0 Å².